The fourth-order valence-electron chi connectivity index (χ4n) is 3.18. The number of anilines is 1. The van der Waals surface area contributed by atoms with Gasteiger partial charge >= 0.3 is 0 Å². The number of methoxy groups -OCH3 is 2. The second kappa shape index (κ2) is 9.20. The van der Waals surface area contributed by atoms with E-state index in [1.165, 1.54) is 30.6 Å². The van der Waals surface area contributed by atoms with Crippen LogP contribution >= 0.6 is 11.3 Å². The van der Waals surface area contributed by atoms with Crippen molar-refractivity contribution in [1.29, 1.82) is 0 Å². The minimum absolute atomic E-state index is 0.141. The average molecular weight is 487 g/mol. The van der Waals surface area contributed by atoms with Crippen LogP contribution in [0.3, 0.4) is 0 Å². The highest BCUT2D eigenvalue weighted by atomic mass is 32.2. The number of aryl methyl sites for hydroxylation is 1. The van der Waals surface area contributed by atoms with E-state index in [-0.39, 0.29) is 17.1 Å². The Balaban J connectivity index is 1.49. The van der Waals surface area contributed by atoms with Gasteiger partial charge in [0.05, 0.1) is 40.8 Å². The van der Waals surface area contributed by atoms with Crippen LogP contribution in [0, 0.1) is 6.92 Å². The zero-order chi connectivity index (χ0) is 23.6. The summed E-state index contributed by atoms with van der Waals surface area (Å²) < 4.78 is 37.9. The van der Waals surface area contributed by atoms with Gasteiger partial charge in [0.25, 0.3) is 0 Å². The van der Waals surface area contributed by atoms with Crippen molar-refractivity contribution in [3.63, 3.8) is 0 Å². The normalized spacial score (nSPS) is 11.5. The van der Waals surface area contributed by atoms with Crippen molar-refractivity contribution in [2.45, 2.75) is 18.2 Å². The standard InChI is InChI=1S/C22H22N4O5S2/c1-14-12-20(26(25-14)22-23-18-13-16(31-3)6-9-19(18)32-22)24-21(27)10-11-33(28,29)17-7-4-15(30-2)5-8-17/h4-9,12-13H,10-11H2,1-3H3,(H,24,27). The first-order valence-corrected chi connectivity index (χ1v) is 12.4. The van der Waals surface area contributed by atoms with Crippen LogP contribution in [0.5, 0.6) is 11.5 Å². The molecule has 0 spiro atoms. The molecule has 0 aliphatic rings. The second-order valence-corrected chi connectivity index (χ2v) is 10.3. The van der Waals surface area contributed by atoms with Crippen LogP contribution in [-0.4, -0.2) is 49.1 Å². The maximum atomic E-state index is 12.6. The van der Waals surface area contributed by atoms with Gasteiger partial charge in [0, 0.05) is 18.6 Å². The molecule has 2 aromatic carbocycles. The van der Waals surface area contributed by atoms with Crippen molar-refractivity contribution in [2.24, 2.45) is 0 Å². The number of carbonyl (C=O) groups excluding carboxylic acids is 1. The molecular formula is C22H22N4O5S2. The number of nitrogens with one attached hydrogen (secondary N) is 1. The molecule has 2 heterocycles. The molecule has 33 heavy (non-hydrogen) atoms. The molecule has 11 heteroatoms. The molecule has 0 aliphatic heterocycles. The largest absolute Gasteiger partial charge is 0.497 e. The topological polar surface area (TPSA) is 112 Å². The lowest BCUT2D eigenvalue weighted by Gasteiger charge is -2.08. The molecule has 4 rings (SSSR count). The lowest BCUT2D eigenvalue weighted by atomic mass is 10.3. The van der Waals surface area contributed by atoms with Gasteiger partial charge in [-0.1, -0.05) is 11.3 Å². The van der Waals surface area contributed by atoms with E-state index in [1.807, 2.05) is 18.2 Å². The van der Waals surface area contributed by atoms with Crippen molar-refractivity contribution in [1.82, 2.24) is 14.8 Å². The van der Waals surface area contributed by atoms with Gasteiger partial charge in [-0.2, -0.15) is 9.78 Å². The Hall–Kier alpha value is -3.44. The van der Waals surface area contributed by atoms with Crippen LogP contribution in [0.1, 0.15) is 12.1 Å². The number of benzene rings is 2. The Morgan fingerprint density at radius 3 is 2.45 bits per heavy atom. The van der Waals surface area contributed by atoms with Crippen molar-refractivity contribution in [2.75, 3.05) is 25.3 Å². The maximum absolute atomic E-state index is 12.6. The van der Waals surface area contributed by atoms with Crippen LogP contribution < -0.4 is 14.8 Å². The average Bonchev–Trinajstić information content (AvgIpc) is 3.39. The molecule has 1 N–H and O–H groups in total. The first-order valence-electron chi connectivity index (χ1n) is 9.97. The fraction of sp³-hybridized carbons (Fsp3) is 0.227. The molecule has 0 unspecified atom stereocenters. The molecule has 4 aromatic rings. The van der Waals surface area contributed by atoms with Gasteiger partial charge in [-0.05, 0) is 43.3 Å². The summed E-state index contributed by atoms with van der Waals surface area (Å²) in [5, 5.41) is 7.77. The highest BCUT2D eigenvalue weighted by Crippen LogP contribution is 2.29. The number of nitrogens with zero attached hydrogens (tertiary/aromatic N) is 3. The molecule has 1 amide bonds. The highest BCUT2D eigenvalue weighted by molar-refractivity contribution is 7.91. The first kappa shape index (κ1) is 22.7. The van der Waals surface area contributed by atoms with Gasteiger partial charge in [-0.3, -0.25) is 4.79 Å². The summed E-state index contributed by atoms with van der Waals surface area (Å²) in [5.74, 6) is 0.923. The lowest BCUT2D eigenvalue weighted by molar-refractivity contribution is -0.115. The molecule has 0 aliphatic carbocycles. The molecule has 2 aromatic heterocycles. The lowest BCUT2D eigenvalue weighted by Crippen LogP contribution is -2.19. The van der Waals surface area contributed by atoms with Crippen LogP contribution in [0.4, 0.5) is 5.82 Å². The molecule has 9 nitrogen and oxygen atoms in total. The van der Waals surface area contributed by atoms with Gasteiger partial charge in [0.15, 0.2) is 9.84 Å². The smallest absolute Gasteiger partial charge is 0.226 e. The van der Waals surface area contributed by atoms with E-state index in [9.17, 15) is 13.2 Å². The Kier molecular flexibility index (Phi) is 6.34. The van der Waals surface area contributed by atoms with E-state index in [0.29, 0.717) is 28.1 Å². The summed E-state index contributed by atoms with van der Waals surface area (Å²) in [6.07, 6.45) is -0.199. The minimum atomic E-state index is -3.61. The van der Waals surface area contributed by atoms with Crippen molar-refractivity contribution >= 4 is 43.1 Å². The SMILES string of the molecule is COc1ccc(S(=O)(=O)CCC(=O)Nc2cc(C)nn2-c2nc3cc(OC)ccc3s2)cc1. The number of amides is 1. The summed E-state index contributed by atoms with van der Waals surface area (Å²) >= 11 is 1.42. The minimum Gasteiger partial charge on any atom is -0.497 e. The number of rotatable bonds is 8. The van der Waals surface area contributed by atoms with E-state index in [2.05, 4.69) is 15.4 Å². The van der Waals surface area contributed by atoms with Crippen molar-refractivity contribution in [3.8, 4) is 16.6 Å². The second-order valence-electron chi connectivity index (χ2n) is 7.21. The summed E-state index contributed by atoms with van der Waals surface area (Å²) in [6, 6.07) is 13.4. The van der Waals surface area contributed by atoms with Crippen LogP contribution in [0.15, 0.2) is 53.4 Å². The highest BCUT2D eigenvalue weighted by Gasteiger charge is 2.19. The van der Waals surface area contributed by atoms with Crippen molar-refractivity contribution < 1.29 is 22.7 Å². The number of sulfone groups is 1. The predicted octanol–water partition coefficient (Wildman–Crippen LogP) is 3.61. The number of thiazole rings is 1. The van der Waals surface area contributed by atoms with Gasteiger partial charge < -0.3 is 14.8 Å². The third-order valence-electron chi connectivity index (χ3n) is 4.88. The Morgan fingerprint density at radius 2 is 1.76 bits per heavy atom. The van der Waals surface area contributed by atoms with E-state index in [1.54, 1.807) is 36.9 Å². The Morgan fingerprint density at radius 1 is 1.06 bits per heavy atom. The third-order valence-corrected chi connectivity index (χ3v) is 7.62. The van der Waals surface area contributed by atoms with E-state index in [4.69, 9.17) is 9.47 Å². The molecule has 0 radical (unpaired) electrons. The maximum Gasteiger partial charge on any atom is 0.226 e. The van der Waals surface area contributed by atoms with Gasteiger partial charge in [0.1, 0.15) is 17.3 Å². The Bertz CT molecular complexity index is 1410. The van der Waals surface area contributed by atoms with Crippen LogP contribution in [0.25, 0.3) is 15.3 Å². The summed E-state index contributed by atoms with van der Waals surface area (Å²) in [4.78, 5) is 17.3. The molecule has 172 valence electrons. The summed E-state index contributed by atoms with van der Waals surface area (Å²) in [5.41, 5.74) is 1.44. The number of fused-ring (bicyclic) bond motifs is 1. The van der Waals surface area contributed by atoms with E-state index >= 15 is 0 Å². The van der Waals surface area contributed by atoms with Crippen LogP contribution in [-0.2, 0) is 14.6 Å². The van der Waals surface area contributed by atoms with E-state index in [0.717, 1.165) is 10.2 Å². The quantitative estimate of drug-likeness (QED) is 0.405. The summed E-state index contributed by atoms with van der Waals surface area (Å²) in [7, 11) is -0.518. The predicted molar refractivity (Wildman–Crippen MR) is 126 cm³/mol. The number of hydrogen-bond acceptors (Lipinski definition) is 8. The first-order chi connectivity index (χ1) is 15.8. The number of carbonyl (C=O) groups is 1. The van der Waals surface area contributed by atoms with E-state index < -0.39 is 15.7 Å². The van der Waals surface area contributed by atoms with Crippen LogP contribution in [0.2, 0.25) is 0 Å². The molecule has 0 atom stereocenters. The molecule has 0 saturated heterocycles. The van der Waals surface area contributed by atoms with Gasteiger partial charge in [-0.25, -0.2) is 13.4 Å². The fourth-order valence-corrected chi connectivity index (χ4v) is 5.33. The monoisotopic (exact) mass is 486 g/mol. The number of aromatic nitrogens is 3. The van der Waals surface area contributed by atoms with Crippen molar-refractivity contribution in [3.05, 3.63) is 54.2 Å². The number of hydrogen-bond donors (Lipinski definition) is 1. The van der Waals surface area contributed by atoms with Gasteiger partial charge in [0.2, 0.25) is 11.0 Å². The molecule has 0 saturated carbocycles. The van der Waals surface area contributed by atoms with Gasteiger partial charge in [-0.15, -0.1) is 0 Å². The number of ether oxygens (including phenoxy) is 2. The molecular weight excluding hydrogens is 464 g/mol. The Labute approximate surface area is 194 Å². The zero-order valence-electron chi connectivity index (χ0n) is 18.2. The molecule has 0 bridgehead atoms. The zero-order valence-corrected chi connectivity index (χ0v) is 19.9. The summed E-state index contributed by atoms with van der Waals surface area (Å²) in [6.45, 7) is 1.80. The molecule has 0 fully saturated rings. The third kappa shape index (κ3) is 4.99.